The van der Waals surface area contributed by atoms with Crippen LogP contribution in [-0.2, 0) is 4.79 Å². The minimum absolute atomic E-state index is 0.412. The highest BCUT2D eigenvalue weighted by Crippen LogP contribution is 2.28. The van der Waals surface area contributed by atoms with Crippen molar-refractivity contribution in [3.8, 4) is 11.5 Å². The van der Waals surface area contributed by atoms with Gasteiger partial charge in [-0.3, -0.25) is 9.59 Å². The Morgan fingerprint density at radius 3 is 2.00 bits per heavy atom. The molecule has 0 aromatic heterocycles. The Kier molecular flexibility index (Phi) is 4.48. The Hall–Kier alpha value is -3.37. The van der Waals surface area contributed by atoms with E-state index in [4.69, 9.17) is 16.3 Å². The number of carbonyl (C=O) groups is 2. The molecule has 4 rings (SSSR count). The highest BCUT2D eigenvalue weighted by Gasteiger charge is 2.25. The fourth-order valence-electron chi connectivity index (χ4n) is 2.83. The first kappa shape index (κ1) is 17.1. The van der Waals surface area contributed by atoms with E-state index < -0.39 is 11.6 Å². The van der Waals surface area contributed by atoms with Crippen LogP contribution in [0.2, 0.25) is 5.02 Å². The van der Waals surface area contributed by atoms with Crippen LogP contribution < -0.4 is 10.1 Å². The molecule has 0 spiro atoms. The van der Waals surface area contributed by atoms with Crippen LogP contribution in [0.5, 0.6) is 11.5 Å². The van der Waals surface area contributed by atoms with Gasteiger partial charge in [0.25, 0.3) is 0 Å². The second-order valence-corrected chi connectivity index (χ2v) is 6.44. The zero-order chi connectivity index (χ0) is 18.8. The lowest BCUT2D eigenvalue weighted by Gasteiger charge is -2.18. The number of ether oxygens (including phenoxy) is 1. The highest BCUT2D eigenvalue weighted by atomic mass is 35.5. The molecule has 3 aromatic rings. The maximum absolute atomic E-state index is 12.0. The van der Waals surface area contributed by atoms with Crippen molar-refractivity contribution >= 4 is 34.6 Å². The molecule has 0 radical (unpaired) electrons. The summed E-state index contributed by atoms with van der Waals surface area (Å²) in [5.74, 6) is 0.349. The van der Waals surface area contributed by atoms with Crippen LogP contribution in [0.15, 0.2) is 78.9 Å². The van der Waals surface area contributed by atoms with Crippen LogP contribution in [0.4, 0.5) is 5.69 Å². The molecule has 0 heterocycles. The summed E-state index contributed by atoms with van der Waals surface area (Å²) in [6.07, 6.45) is 1.34. The minimum atomic E-state index is -0.529. The molecular formula is C22H14ClNO3. The van der Waals surface area contributed by atoms with Crippen molar-refractivity contribution in [2.45, 2.75) is 0 Å². The largest absolute Gasteiger partial charge is 0.457 e. The molecular weight excluding hydrogens is 362 g/mol. The zero-order valence-corrected chi connectivity index (χ0v) is 14.9. The van der Waals surface area contributed by atoms with E-state index in [9.17, 15) is 9.59 Å². The number of benzene rings is 3. The van der Waals surface area contributed by atoms with Gasteiger partial charge in [0.2, 0.25) is 11.6 Å². The summed E-state index contributed by atoms with van der Waals surface area (Å²) in [4.78, 5) is 24.0. The third-order valence-corrected chi connectivity index (χ3v) is 4.40. The van der Waals surface area contributed by atoms with Gasteiger partial charge in [-0.2, -0.15) is 0 Å². The summed E-state index contributed by atoms with van der Waals surface area (Å²) >= 11 is 5.87. The van der Waals surface area contributed by atoms with E-state index in [1.165, 1.54) is 6.08 Å². The van der Waals surface area contributed by atoms with Gasteiger partial charge in [0.1, 0.15) is 11.5 Å². The fraction of sp³-hybridized carbons (Fsp3) is 0. The van der Waals surface area contributed by atoms with Gasteiger partial charge in [0.15, 0.2) is 0 Å². The number of fused-ring (bicyclic) bond motifs is 1. The molecule has 4 nitrogen and oxygen atoms in total. The standard InChI is InChI=1S/C22H14ClNO3/c23-14-5-9-16(10-6-14)27-17-11-7-15(8-12-17)24-20-13-21(25)22(26)19-4-2-1-3-18(19)20/h1-13,24H. The maximum Gasteiger partial charge on any atom is 0.233 e. The molecule has 0 aliphatic heterocycles. The number of ketones is 2. The monoisotopic (exact) mass is 375 g/mol. The predicted octanol–water partition coefficient (Wildman–Crippen LogP) is 5.35. The Bertz CT molecular complexity index is 1050. The molecule has 1 aliphatic carbocycles. The van der Waals surface area contributed by atoms with E-state index in [-0.39, 0.29) is 0 Å². The molecule has 132 valence electrons. The second kappa shape index (κ2) is 7.09. The third kappa shape index (κ3) is 3.61. The first-order chi connectivity index (χ1) is 13.1. The van der Waals surface area contributed by atoms with Gasteiger partial charge in [-0.25, -0.2) is 0 Å². The van der Waals surface area contributed by atoms with Gasteiger partial charge in [0.05, 0.1) is 5.70 Å². The van der Waals surface area contributed by atoms with Crippen molar-refractivity contribution in [1.29, 1.82) is 0 Å². The van der Waals surface area contributed by atoms with Crippen LogP contribution in [-0.4, -0.2) is 11.6 Å². The van der Waals surface area contributed by atoms with E-state index in [1.54, 1.807) is 36.4 Å². The third-order valence-electron chi connectivity index (χ3n) is 4.14. The number of rotatable bonds is 4. The van der Waals surface area contributed by atoms with Crippen molar-refractivity contribution in [3.63, 3.8) is 0 Å². The van der Waals surface area contributed by atoms with Crippen LogP contribution in [0.1, 0.15) is 15.9 Å². The minimum Gasteiger partial charge on any atom is -0.457 e. The van der Waals surface area contributed by atoms with E-state index in [0.29, 0.717) is 33.3 Å². The number of anilines is 1. The summed E-state index contributed by atoms with van der Waals surface area (Å²) in [5, 5.41) is 3.85. The van der Waals surface area contributed by atoms with Crippen LogP contribution in [0.3, 0.4) is 0 Å². The van der Waals surface area contributed by atoms with Crippen molar-refractivity contribution in [1.82, 2.24) is 0 Å². The van der Waals surface area contributed by atoms with Crippen LogP contribution >= 0.6 is 11.6 Å². The summed E-state index contributed by atoms with van der Waals surface area (Å²) in [6, 6.07) is 21.5. The van der Waals surface area contributed by atoms with Gasteiger partial charge < -0.3 is 10.1 Å². The Labute approximate surface area is 161 Å². The van der Waals surface area contributed by atoms with E-state index >= 15 is 0 Å². The van der Waals surface area contributed by atoms with Crippen LogP contribution in [0, 0.1) is 0 Å². The van der Waals surface area contributed by atoms with Crippen molar-refractivity contribution in [2.75, 3.05) is 5.32 Å². The van der Waals surface area contributed by atoms with E-state index in [2.05, 4.69) is 5.32 Å². The van der Waals surface area contributed by atoms with Gasteiger partial charge in [0, 0.05) is 27.9 Å². The quantitative estimate of drug-likeness (QED) is 0.624. The SMILES string of the molecule is O=C1C=C(Nc2ccc(Oc3ccc(Cl)cc3)cc2)c2ccccc2C1=O. The fourth-order valence-corrected chi connectivity index (χ4v) is 2.95. The normalized spacial score (nSPS) is 13.0. The number of Topliss-reactive ketones (excluding diaryl/α,β-unsaturated/α-hetero) is 1. The number of allylic oxidation sites excluding steroid dienone is 1. The molecule has 1 aliphatic rings. The molecule has 27 heavy (non-hydrogen) atoms. The average Bonchev–Trinajstić information content (AvgIpc) is 2.69. The van der Waals surface area contributed by atoms with Gasteiger partial charge in [-0.15, -0.1) is 0 Å². The second-order valence-electron chi connectivity index (χ2n) is 6.00. The molecule has 3 aromatic carbocycles. The Morgan fingerprint density at radius 2 is 1.33 bits per heavy atom. The molecule has 0 saturated carbocycles. The molecule has 0 amide bonds. The number of hydrogen-bond donors (Lipinski definition) is 1. The smallest absolute Gasteiger partial charge is 0.233 e. The molecule has 0 saturated heterocycles. The molecule has 0 bridgehead atoms. The lowest BCUT2D eigenvalue weighted by atomic mass is 9.92. The first-order valence-electron chi connectivity index (χ1n) is 8.30. The molecule has 0 unspecified atom stereocenters. The van der Waals surface area contributed by atoms with Gasteiger partial charge in [-0.05, 0) is 48.5 Å². The number of hydrogen-bond acceptors (Lipinski definition) is 4. The average molecular weight is 376 g/mol. The lowest BCUT2D eigenvalue weighted by molar-refractivity contribution is -0.111. The van der Waals surface area contributed by atoms with Crippen molar-refractivity contribution in [2.24, 2.45) is 0 Å². The summed E-state index contributed by atoms with van der Waals surface area (Å²) in [7, 11) is 0. The van der Waals surface area contributed by atoms with Crippen LogP contribution in [0.25, 0.3) is 5.70 Å². The Balaban J connectivity index is 1.53. The summed E-state index contributed by atoms with van der Waals surface area (Å²) < 4.78 is 5.77. The van der Waals surface area contributed by atoms with Gasteiger partial charge >= 0.3 is 0 Å². The molecule has 1 N–H and O–H groups in total. The van der Waals surface area contributed by atoms with Crippen molar-refractivity contribution in [3.05, 3.63) is 95.0 Å². The maximum atomic E-state index is 12.0. The number of carbonyl (C=O) groups excluding carboxylic acids is 2. The topological polar surface area (TPSA) is 55.4 Å². The van der Waals surface area contributed by atoms with Gasteiger partial charge in [-0.1, -0.05) is 35.9 Å². The molecule has 0 atom stereocenters. The zero-order valence-electron chi connectivity index (χ0n) is 14.1. The molecule has 5 heteroatoms. The predicted molar refractivity (Wildman–Crippen MR) is 105 cm³/mol. The number of nitrogens with one attached hydrogen (secondary N) is 1. The first-order valence-corrected chi connectivity index (χ1v) is 8.68. The van der Waals surface area contributed by atoms with Crippen molar-refractivity contribution < 1.29 is 14.3 Å². The highest BCUT2D eigenvalue weighted by molar-refractivity contribution is 6.50. The summed E-state index contributed by atoms with van der Waals surface area (Å²) in [6.45, 7) is 0. The van der Waals surface area contributed by atoms with E-state index in [1.807, 2.05) is 36.4 Å². The molecule has 0 fully saturated rings. The number of halogens is 1. The summed E-state index contributed by atoms with van der Waals surface area (Å²) in [5.41, 5.74) is 2.50. The Morgan fingerprint density at radius 1 is 0.741 bits per heavy atom. The lowest BCUT2D eigenvalue weighted by Crippen LogP contribution is -2.20. The van der Waals surface area contributed by atoms with E-state index in [0.717, 1.165) is 5.69 Å².